The zero-order valence-electron chi connectivity index (χ0n) is 13.2. The maximum atomic E-state index is 13.1. The molecule has 0 heterocycles. The second-order valence-corrected chi connectivity index (χ2v) is 5.30. The van der Waals surface area contributed by atoms with E-state index in [1.807, 2.05) is 6.07 Å². The van der Waals surface area contributed by atoms with Crippen LogP contribution < -0.4 is 10.6 Å². The van der Waals surface area contributed by atoms with Gasteiger partial charge in [0.2, 0.25) is 0 Å². The largest absolute Gasteiger partial charge is 0.381 e. The molecule has 0 saturated carbocycles. The molecule has 1 aromatic rings. The molecule has 0 radical (unpaired) electrons. The number of halogens is 1. The molecular formula is C16H26FN3O. The van der Waals surface area contributed by atoms with Crippen LogP contribution in [0.3, 0.4) is 0 Å². The Morgan fingerprint density at radius 3 is 2.81 bits per heavy atom. The molecule has 0 aliphatic heterocycles. The first-order valence-electron chi connectivity index (χ1n) is 7.38. The normalized spacial score (nSPS) is 11.8. The van der Waals surface area contributed by atoms with Crippen molar-refractivity contribution in [3.63, 3.8) is 0 Å². The van der Waals surface area contributed by atoms with Crippen LogP contribution in [0.4, 0.5) is 4.39 Å². The van der Waals surface area contributed by atoms with Gasteiger partial charge in [-0.1, -0.05) is 26.0 Å². The standard InChI is InChI=1S/C16H26FN3O/c1-13(2)12-21-9-5-8-19-16(18-3)20-11-14-6-4-7-15(17)10-14/h4,6-7,10,13H,5,8-9,11-12H2,1-3H3,(H2,18,19,20). The van der Waals surface area contributed by atoms with E-state index in [2.05, 4.69) is 29.5 Å². The molecular weight excluding hydrogens is 269 g/mol. The van der Waals surface area contributed by atoms with E-state index >= 15 is 0 Å². The summed E-state index contributed by atoms with van der Waals surface area (Å²) >= 11 is 0. The maximum Gasteiger partial charge on any atom is 0.191 e. The monoisotopic (exact) mass is 295 g/mol. The Morgan fingerprint density at radius 2 is 2.14 bits per heavy atom. The van der Waals surface area contributed by atoms with E-state index in [1.54, 1.807) is 13.1 Å². The number of nitrogens with one attached hydrogen (secondary N) is 2. The lowest BCUT2D eigenvalue weighted by Gasteiger charge is -2.12. The van der Waals surface area contributed by atoms with E-state index < -0.39 is 0 Å². The Kier molecular flexibility index (Phi) is 8.43. The summed E-state index contributed by atoms with van der Waals surface area (Å²) in [6, 6.07) is 6.53. The van der Waals surface area contributed by atoms with Crippen molar-refractivity contribution in [2.24, 2.45) is 10.9 Å². The Hall–Kier alpha value is -1.62. The topological polar surface area (TPSA) is 45.7 Å². The lowest BCUT2D eigenvalue weighted by atomic mass is 10.2. The number of guanidine groups is 1. The van der Waals surface area contributed by atoms with Crippen LogP contribution in [-0.2, 0) is 11.3 Å². The van der Waals surface area contributed by atoms with E-state index in [0.717, 1.165) is 31.7 Å². The number of aliphatic imine (C=N–C) groups is 1. The molecule has 0 spiro atoms. The van der Waals surface area contributed by atoms with Gasteiger partial charge in [-0.25, -0.2) is 4.39 Å². The van der Waals surface area contributed by atoms with Crippen molar-refractivity contribution in [2.75, 3.05) is 26.8 Å². The van der Waals surface area contributed by atoms with Gasteiger partial charge in [0.05, 0.1) is 0 Å². The molecule has 1 aromatic carbocycles. The lowest BCUT2D eigenvalue weighted by molar-refractivity contribution is 0.108. The van der Waals surface area contributed by atoms with Crippen LogP contribution in [0.15, 0.2) is 29.3 Å². The molecule has 0 amide bonds. The summed E-state index contributed by atoms with van der Waals surface area (Å²) < 4.78 is 18.6. The predicted molar refractivity (Wildman–Crippen MR) is 84.9 cm³/mol. The van der Waals surface area contributed by atoms with Crippen molar-refractivity contribution in [1.29, 1.82) is 0 Å². The fourth-order valence-corrected chi connectivity index (χ4v) is 1.75. The van der Waals surface area contributed by atoms with E-state index in [0.29, 0.717) is 18.4 Å². The second kappa shape index (κ2) is 10.2. The highest BCUT2D eigenvalue weighted by Crippen LogP contribution is 2.02. The van der Waals surface area contributed by atoms with Crippen LogP contribution in [0.5, 0.6) is 0 Å². The number of rotatable bonds is 8. The van der Waals surface area contributed by atoms with Gasteiger partial charge in [0.1, 0.15) is 5.82 Å². The van der Waals surface area contributed by atoms with Crippen LogP contribution in [0.2, 0.25) is 0 Å². The number of ether oxygens (including phenoxy) is 1. The third-order valence-electron chi connectivity index (χ3n) is 2.78. The van der Waals surface area contributed by atoms with Crippen molar-refractivity contribution in [1.82, 2.24) is 10.6 Å². The van der Waals surface area contributed by atoms with Crippen LogP contribution in [0, 0.1) is 11.7 Å². The minimum atomic E-state index is -0.223. The quantitative estimate of drug-likeness (QED) is 0.440. The van der Waals surface area contributed by atoms with Crippen molar-refractivity contribution in [3.05, 3.63) is 35.6 Å². The van der Waals surface area contributed by atoms with Gasteiger partial charge >= 0.3 is 0 Å². The fourth-order valence-electron chi connectivity index (χ4n) is 1.75. The smallest absolute Gasteiger partial charge is 0.191 e. The first-order chi connectivity index (χ1) is 10.1. The van der Waals surface area contributed by atoms with Crippen LogP contribution >= 0.6 is 0 Å². The summed E-state index contributed by atoms with van der Waals surface area (Å²) in [6.07, 6.45) is 0.924. The number of nitrogens with zero attached hydrogens (tertiary/aromatic N) is 1. The lowest BCUT2D eigenvalue weighted by Crippen LogP contribution is -2.37. The van der Waals surface area contributed by atoms with Crippen molar-refractivity contribution in [3.8, 4) is 0 Å². The highest BCUT2D eigenvalue weighted by molar-refractivity contribution is 5.79. The predicted octanol–water partition coefficient (Wildman–Crippen LogP) is 2.55. The van der Waals surface area contributed by atoms with Crippen molar-refractivity contribution >= 4 is 5.96 Å². The van der Waals surface area contributed by atoms with Crippen LogP contribution in [-0.4, -0.2) is 32.8 Å². The summed E-state index contributed by atoms with van der Waals surface area (Å²) in [7, 11) is 1.72. The molecule has 0 aromatic heterocycles. The molecule has 0 aliphatic carbocycles. The third-order valence-corrected chi connectivity index (χ3v) is 2.78. The molecule has 118 valence electrons. The molecule has 0 aliphatic rings. The second-order valence-electron chi connectivity index (χ2n) is 5.30. The third kappa shape index (κ3) is 8.30. The highest BCUT2D eigenvalue weighted by atomic mass is 19.1. The Labute approximate surface area is 126 Å². The van der Waals surface area contributed by atoms with Crippen molar-refractivity contribution < 1.29 is 9.13 Å². The molecule has 2 N–H and O–H groups in total. The van der Waals surface area contributed by atoms with Crippen molar-refractivity contribution in [2.45, 2.75) is 26.8 Å². The minimum absolute atomic E-state index is 0.223. The number of benzene rings is 1. The first-order valence-corrected chi connectivity index (χ1v) is 7.38. The highest BCUT2D eigenvalue weighted by Gasteiger charge is 1.99. The maximum absolute atomic E-state index is 13.1. The first kappa shape index (κ1) is 17.4. The Morgan fingerprint density at radius 1 is 1.33 bits per heavy atom. The van der Waals surface area contributed by atoms with Crippen LogP contribution in [0.1, 0.15) is 25.8 Å². The van der Waals surface area contributed by atoms with Gasteiger partial charge < -0.3 is 15.4 Å². The summed E-state index contributed by atoms with van der Waals surface area (Å²) in [5, 5.41) is 6.36. The number of hydrogen-bond acceptors (Lipinski definition) is 2. The molecule has 0 saturated heterocycles. The Bertz CT molecular complexity index is 435. The average molecular weight is 295 g/mol. The van der Waals surface area contributed by atoms with Gasteiger partial charge in [-0.2, -0.15) is 0 Å². The van der Waals surface area contributed by atoms with Gasteiger partial charge in [0.15, 0.2) is 5.96 Å². The van der Waals surface area contributed by atoms with Gasteiger partial charge in [0.25, 0.3) is 0 Å². The minimum Gasteiger partial charge on any atom is -0.381 e. The molecule has 1 rings (SSSR count). The number of hydrogen-bond donors (Lipinski definition) is 2. The van der Waals surface area contributed by atoms with Gasteiger partial charge in [-0.05, 0) is 30.0 Å². The average Bonchev–Trinajstić information content (AvgIpc) is 2.45. The van der Waals surface area contributed by atoms with E-state index in [9.17, 15) is 4.39 Å². The summed E-state index contributed by atoms with van der Waals surface area (Å²) in [5.41, 5.74) is 0.887. The van der Waals surface area contributed by atoms with E-state index in [1.165, 1.54) is 12.1 Å². The molecule has 0 bridgehead atoms. The fraction of sp³-hybridized carbons (Fsp3) is 0.562. The van der Waals surface area contributed by atoms with Gasteiger partial charge in [-0.3, -0.25) is 4.99 Å². The van der Waals surface area contributed by atoms with Crippen LogP contribution in [0.25, 0.3) is 0 Å². The van der Waals surface area contributed by atoms with Gasteiger partial charge in [0, 0.05) is 33.4 Å². The molecule has 0 fully saturated rings. The zero-order valence-corrected chi connectivity index (χ0v) is 13.2. The molecule has 21 heavy (non-hydrogen) atoms. The molecule has 0 atom stereocenters. The molecule has 0 unspecified atom stereocenters. The summed E-state index contributed by atoms with van der Waals surface area (Å²) in [5.74, 6) is 1.06. The molecule has 5 heteroatoms. The zero-order chi connectivity index (χ0) is 15.5. The van der Waals surface area contributed by atoms with E-state index in [-0.39, 0.29) is 5.82 Å². The summed E-state index contributed by atoms with van der Waals surface area (Å²) in [4.78, 5) is 4.13. The van der Waals surface area contributed by atoms with E-state index in [4.69, 9.17) is 4.74 Å². The SMILES string of the molecule is CN=C(NCCCOCC(C)C)NCc1cccc(F)c1. The van der Waals surface area contributed by atoms with Gasteiger partial charge in [-0.15, -0.1) is 0 Å². The molecule has 4 nitrogen and oxygen atoms in total. The summed E-state index contributed by atoms with van der Waals surface area (Å²) in [6.45, 7) is 7.15. The Balaban J connectivity index is 2.18.